The van der Waals surface area contributed by atoms with E-state index < -0.39 is 5.92 Å². The van der Waals surface area contributed by atoms with Crippen LogP contribution in [0, 0.1) is 5.92 Å². The summed E-state index contributed by atoms with van der Waals surface area (Å²) in [6.07, 6.45) is 3.49. The van der Waals surface area contributed by atoms with E-state index >= 15 is 0 Å². The third kappa shape index (κ3) is 2.43. The minimum absolute atomic E-state index is 0.0147. The number of carbonyl (C=O) groups is 2. The summed E-state index contributed by atoms with van der Waals surface area (Å²) in [5, 5.41) is 0. The van der Waals surface area contributed by atoms with Crippen LogP contribution in [0.2, 0.25) is 0 Å². The predicted octanol–water partition coefficient (Wildman–Crippen LogP) is 1.36. The molecule has 0 radical (unpaired) electrons. The van der Waals surface area contributed by atoms with Crippen molar-refractivity contribution in [2.45, 2.75) is 26.7 Å². The molecule has 1 fully saturated rings. The van der Waals surface area contributed by atoms with Crippen LogP contribution < -0.4 is 0 Å². The van der Waals surface area contributed by atoms with Crippen molar-refractivity contribution in [3.8, 4) is 0 Å². The largest absolute Gasteiger partial charge is 0.468 e. The highest BCUT2D eigenvalue weighted by atomic mass is 16.5. The van der Waals surface area contributed by atoms with Crippen molar-refractivity contribution in [2.75, 3.05) is 20.2 Å². The third-order valence-corrected chi connectivity index (χ3v) is 2.72. The van der Waals surface area contributed by atoms with Crippen LogP contribution in [0.3, 0.4) is 0 Å². The number of amides is 1. The average molecular weight is 225 g/mol. The Kier molecular flexibility index (Phi) is 4.52. The summed E-state index contributed by atoms with van der Waals surface area (Å²) in [4.78, 5) is 25.2. The molecule has 0 aliphatic carbocycles. The topological polar surface area (TPSA) is 46.6 Å². The first kappa shape index (κ1) is 12.7. The van der Waals surface area contributed by atoms with Crippen molar-refractivity contribution in [1.29, 1.82) is 0 Å². The molecule has 0 bridgehead atoms. The number of carbonyl (C=O) groups excluding carboxylic acids is 2. The molecule has 1 rings (SSSR count). The van der Waals surface area contributed by atoms with Crippen LogP contribution in [0.5, 0.6) is 0 Å². The molecule has 0 aromatic rings. The van der Waals surface area contributed by atoms with Gasteiger partial charge in [-0.3, -0.25) is 9.59 Å². The van der Waals surface area contributed by atoms with E-state index in [9.17, 15) is 9.59 Å². The molecule has 0 aromatic heterocycles. The Hall–Kier alpha value is -1.32. The number of methoxy groups -OCH3 is 1. The van der Waals surface area contributed by atoms with Gasteiger partial charge < -0.3 is 9.64 Å². The van der Waals surface area contributed by atoms with E-state index in [2.05, 4.69) is 0 Å². The van der Waals surface area contributed by atoms with Crippen LogP contribution in [-0.4, -0.2) is 37.0 Å². The van der Waals surface area contributed by atoms with E-state index in [-0.39, 0.29) is 11.9 Å². The van der Waals surface area contributed by atoms with Gasteiger partial charge in [-0.05, 0) is 12.8 Å². The van der Waals surface area contributed by atoms with Gasteiger partial charge in [0, 0.05) is 18.7 Å². The van der Waals surface area contributed by atoms with Gasteiger partial charge >= 0.3 is 5.97 Å². The zero-order chi connectivity index (χ0) is 12.1. The van der Waals surface area contributed by atoms with Crippen LogP contribution in [-0.2, 0) is 14.3 Å². The number of allylic oxidation sites excluding steroid dienone is 1. The van der Waals surface area contributed by atoms with E-state index in [1.807, 2.05) is 19.9 Å². The molecule has 1 atom stereocenters. The first-order valence-electron chi connectivity index (χ1n) is 5.72. The summed E-state index contributed by atoms with van der Waals surface area (Å²) in [6.45, 7) is 5.14. The minimum atomic E-state index is -0.399. The zero-order valence-corrected chi connectivity index (χ0v) is 10.2. The number of likely N-dealkylation sites (tertiary alicyclic amines) is 1. The number of ether oxygens (including phenoxy) is 1. The number of hydrogen-bond donors (Lipinski definition) is 0. The maximum Gasteiger partial charge on any atom is 0.315 e. The molecule has 1 heterocycles. The molecule has 0 saturated carbocycles. The summed E-state index contributed by atoms with van der Waals surface area (Å²) in [5.74, 6) is -0.727. The highest BCUT2D eigenvalue weighted by Crippen LogP contribution is 2.25. The van der Waals surface area contributed by atoms with E-state index in [0.29, 0.717) is 18.7 Å². The molecule has 1 saturated heterocycles. The lowest BCUT2D eigenvalue weighted by molar-refractivity contribution is -0.143. The molecule has 0 N–H and O–H groups in total. The smallest absolute Gasteiger partial charge is 0.315 e. The van der Waals surface area contributed by atoms with Crippen molar-refractivity contribution < 1.29 is 14.3 Å². The van der Waals surface area contributed by atoms with Crippen LogP contribution >= 0.6 is 0 Å². The molecule has 0 spiro atoms. The molecular weight excluding hydrogens is 206 g/mol. The number of rotatable bonds is 4. The van der Waals surface area contributed by atoms with Crippen LogP contribution in [0.1, 0.15) is 26.7 Å². The standard InChI is InChI=1S/C12H19NO3/c1-4-6-9-10(12(15)16-3)8-13(7-5-2)11(9)14/h6,10H,4-5,7-8H2,1-3H3/b9-6+. The van der Waals surface area contributed by atoms with Crippen molar-refractivity contribution in [2.24, 2.45) is 5.92 Å². The molecule has 16 heavy (non-hydrogen) atoms. The zero-order valence-electron chi connectivity index (χ0n) is 10.2. The lowest BCUT2D eigenvalue weighted by atomic mass is 10.0. The molecular formula is C12H19NO3. The fourth-order valence-electron chi connectivity index (χ4n) is 1.99. The number of esters is 1. The molecule has 1 unspecified atom stereocenters. The highest BCUT2D eigenvalue weighted by molar-refractivity contribution is 6.02. The summed E-state index contributed by atoms with van der Waals surface area (Å²) < 4.78 is 4.73. The van der Waals surface area contributed by atoms with Crippen molar-refractivity contribution >= 4 is 11.9 Å². The first-order valence-corrected chi connectivity index (χ1v) is 5.72. The average Bonchev–Trinajstić information content (AvgIpc) is 2.58. The van der Waals surface area contributed by atoms with Gasteiger partial charge in [-0.25, -0.2) is 0 Å². The quantitative estimate of drug-likeness (QED) is 0.536. The van der Waals surface area contributed by atoms with Gasteiger partial charge in [0.05, 0.1) is 7.11 Å². The van der Waals surface area contributed by atoms with Gasteiger partial charge in [-0.1, -0.05) is 19.9 Å². The Labute approximate surface area is 96.3 Å². The summed E-state index contributed by atoms with van der Waals surface area (Å²) in [7, 11) is 1.36. The maximum absolute atomic E-state index is 12.0. The lowest BCUT2D eigenvalue weighted by Gasteiger charge is -2.13. The van der Waals surface area contributed by atoms with E-state index in [1.54, 1.807) is 4.90 Å². The van der Waals surface area contributed by atoms with Gasteiger partial charge in [0.2, 0.25) is 5.91 Å². The van der Waals surface area contributed by atoms with Crippen LogP contribution in [0.15, 0.2) is 11.6 Å². The van der Waals surface area contributed by atoms with Crippen molar-refractivity contribution in [3.63, 3.8) is 0 Å². The normalized spacial score (nSPS) is 22.9. The van der Waals surface area contributed by atoms with Gasteiger partial charge in [0.25, 0.3) is 0 Å². The summed E-state index contributed by atoms with van der Waals surface area (Å²) in [6, 6.07) is 0. The molecule has 1 amide bonds. The summed E-state index contributed by atoms with van der Waals surface area (Å²) >= 11 is 0. The van der Waals surface area contributed by atoms with Gasteiger partial charge in [0.15, 0.2) is 0 Å². The van der Waals surface area contributed by atoms with Crippen LogP contribution in [0.4, 0.5) is 0 Å². The SMILES string of the molecule is CC/C=C1/C(=O)N(CCC)CC1C(=O)OC. The van der Waals surface area contributed by atoms with Crippen LogP contribution in [0.25, 0.3) is 0 Å². The van der Waals surface area contributed by atoms with E-state index in [1.165, 1.54) is 7.11 Å². The minimum Gasteiger partial charge on any atom is -0.468 e. The Bertz CT molecular complexity index is 309. The van der Waals surface area contributed by atoms with Crippen molar-refractivity contribution in [3.05, 3.63) is 11.6 Å². The Morgan fingerprint density at radius 1 is 1.56 bits per heavy atom. The molecule has 1 aliphatic rings. The molecule has 90 valence electrons. The van der Waals surface area contributed by atoms with E-state index in [0.717, 1.165) is 12.8 Å². The fraction of sp³-hybridized carbons (Fsp3) is 0.667. The molecule has 0 aromatic carbocycles. The van der Waals surface area contributed by atoms with Gasteiger partial charge in [-0.2, -0.15) is 0 Å². The summed E-state index contributed by atoms with van der Waals surface area (Å²) in [5.41, 5.74) is 0.600. The number of hydrogen-bond acceptors (Lipinski definition) is 3. The van der Waals surface area contributed by atoms with Gasteiger partial charge in [-0.15, -0.1) is 0 Å². The molecule has 4 heteroatoms. The second-order valence-corrected chi connectivity index (χ2v) is 3.89. The van der Waals surface area contributed by atoms with Crippen molar-refractivity contribution in [1.82, 2.24) is 4.90 Å². The Morgan fingerprint density at radius 2 is 2.25 bits per heavy atom. The lowest BCUT2D eigenvalue weighted by Crippen LogP contribution is -2.27. The highest BCUT2D eigenvalue weighted by Gasteiger charge is 2.39. The fourth-order valence-corrected chi connectivity index (χ4v) is 1.99. The third-order valence-electron chi connectivity index (χ3n) is 2.72. The Balaban J connectivity index is 2.88. The second kappa shape index (κ2) is 5.68. The number of nitrogens with zero attached hydrogens (tertiary/aromatic N) is 1. The second-order valence-electron chi connectivity index (χ2n) is 3.89. The van der Waals surface area contributed by atoms with Gasteiger partial charge in [0.1, 0.15) is 5.92 Å². The molecule has 4 nitrogen and oxygen atoms in total. The first-order chi connectivity index (χ1) is 7.65. The predicted molar refractivity (Wildman–Crippen MR) is 60.8 cm³/mol. The monoisotopic (exact) mass is 225 g/mol. The molecule has 1 aliphatic heterocycles. The Morgan fingerprint density at radius 3 is 2.75 bits per heavy atom. The maximum atomic E-state index is 12.0. The van der Waals surface area contributed by atoms with E-state index in [4.69, 9.17) is 4.74 Å².